The lowest BCUT2D eigenvalue weighted by molar-refractivity contribution is -0.143. The van der Waals surface area contributed by atoms with Crippen molar-refractivity contribution in [2.75, 3.05) is 13.2 Å². The van der Waals surface area contributed by atoms with Crippen LogP contribution in [0.1, 0.15) is 322 Å². The van der Waals surface area contributed by atoms with Crippen LogP contribution in [0.15, 0.2) is 24.3 Å². The number of unbranched alkanes of at least 4 members (excludes halogenated alkanes) is 41. The number of esters is 1. The van der Waals surface area contributed by atoms with Crippen LogP contribution >= 0.6 is 0 Å². The van der Waals surface area contributed by atoms with E-state index in [4.69, 9.17) is 4.74 Å². The van der Waals surface area contributed by atoms with Crippen molar-refractivity contribution in [3.05, 3.63) is 24.3 Å². The highest BCUT2D eigenvalue weighted by Crippen LogP contribution is 2.17. The Morgan fingerprint density at radius 1 is 0.424 bits per heavy atom. The van der Waals surface area contributed by atoms with Gasteiger partial charge in [0.25, 0.3) is 0 Å². The van der Waals surface area contributed by atoms with E-state index in [1.807, 2.05) is 0 Å². The number of amides is 1. The van der Waals surface area contributed by atoms with Gasteiger partial charge in [0.05, 0.1) is 25.4 Å². The van der Waals surface area contributed by atoms with Gasteiger partial charge in [0.2, 0.25) is 5.91 Å². The molecule has 6 heteroatoms. The molecule has 0 fully saturated rings. The van der Waals surface area contributed by atoms with E-state index in [-0.39, 0.29) is 18.5 Å². The summed E-state index contributed by atoms with van der Waals surface area (Å²) in [5.41, 5.74) is 0. The van der Waals surface area contributed by atoms with Gasteiger partial charge in [-0.15, -0.1) is 0 Å². The largest absolute Gasteiger partial charge is 0.466 e. The quantitative estimate of drug-likeness (QED) is 0.0321. The first-order valence-electron chi connectivity index (χ1n) is 29.6. The molecule has 0 aliphatic rings. The molecule has 1 amide bonds. The summed E-state index contributed by atoms with van der Waals surface area (Å²) in [5.74, 6) is -0.0537. The van der Waals surface area contributed by atoms with Crippen molar-refractivity contribution in [2.24, 2.45) is 0 Å². The number of carbonyl (C=O) groups is 2. The molecule has 2 unspecified atom stereocenters. The van der Waals surface area contributed by atoms with Crippen LogP contribution in [0.25, 0.3) is 0 Å². The Morgan fingerprint density at radius 3 is 1.12 bits per heavy atom. The maximum absolute atomic E-state index is 12.5. The van der Waals surface area contributed by atoms with E-state index in [2.05, 4.69) is 43.5 Å². The second-order valence-electron chi connectivity index (χ2n) is 20.4. The van der Waals surface area contributed by atoms with Gasteiger partial charge in [-0.25, -0.2) is 0 Å². The number of hydrogen-bond acceptors (Lipinski definition) is 5. The molecule has 0 bridgehead atoms. The number of hydrogen-bond donors (Lipinski definition) is 3. The van der Waals surface area contributed by atoms with Crippen LogP contribution in [0.5, 0.6) is 0 Å². The SMILES string of the molecule is CCCCCCCCCCCCCCCCCCC(O)C(CO)NC(=O)CCCCCCCCCCCC/C=C\C=C/CCCCCOC(=O)CCCCCCCCCCCCCCCC. The van der Waals surface area contributed by atoms with Gasteiger partial charge >= 0.3 is 5.97 Å². The molecule has 66 heavy (non-hydrogen) atoms. The summed E-state index contributed by atoms with van der Waals surface area (Å²) in [4.78, 5) is 24.5. The third kappa shape index (κ3) is 51.7. The molecule has 0 rings (SSSR count). The van der Waals surface area contributed by atoms with Crippen LogP contribution in [0.3, 0.4) is 0 Å². The van der Waals surface area contributed by atoms with Gasteiger partial charge in [0.1, 0.15) is 0 Å². The van der Waals surface area contributed by atoms with E-state index in [1.54, 1.807) is 0 Å². The number of aliphatic hydroxyl groups excluding tert-OH is 2. The second kappa shape index (κ2) is 55.9. The molecule has 0 aromatic rings. The minimum atomic E-state index is -0.671. The molecule has 0 saturated heterocycles. The zero-order valence-corrected chi connectivity index (χ0v) is 44.4. The monoisotopic (exact) mass is 930 g/mol. The second-order valence-corrected chi connectivity index (χ2v) is 20.4. The normalized spacial score (nSPS) is 12.7. The number of rotatable bonds is 55. The van der Waals surface area contributed by atoms with Gasteiger partial charge in [-0.1, -0.05) is 276 Å². The van der Waals surface area contributed by atoms with Crippen LogP contribution < -0.4 is 5.32 Å². The smallest absolute Gasteiger partial charge is 0.305 e. The molecular formula is C60H115NO5. The summed E-state index contributed by atoms with van der Waals surface area (Å²) in [6.07, 6.45) is 67.4. The molecule has 6 nitrogen and oxygen atoms in total. The highest BCUT2D eigenvalue weighted by atomic mass is 16.5. The molecule has 390 valence electrons. The number of carbonyl (C=O) groups excluding carboxylic acids is 2. The van der Waals surface area contributed by atoms with E-state index in [0.717, 1.165) is 70.6 Å². The van der Waals surface area contributed by atoms with Crippen molar-refractivity contribution in [1.29, 1.82) is 0 Å². The van der Waals surface area contributed by atoms with Crippen LogP contribution in [-0.4, -0.2) is 47.4 Å². The summed E-state index contributed by atoms with van der Waals surface area (Å²) in [5, 5.41) is 23.3. The van der Waals surface area contributed by atoms with E-state index in [9.17, 15) is 19.8 Å². The Morgan fingerprint density at radius 2 is 0.742 bits per heavy atom. The average molecular weight is 931 g/mol. The van der Waals surface area contributed by atoms with Crippen LogP contribution in [0.4, 0.5) is 0 Å². The van der Waals surface area contributed by atoms with Crippen molar-refractivity contribution < 1.29 is 24.5 Å². The molecule has 3 N–H and O–H groups in total. The summed E-state index contributed by atoms with van der Waals surface area (Å²) in [6, 6.07) is -0.549. The zero-order valence-electron chi connectivity index (χ0n) is 44.4. The van der Waals surface area contributed by atoms with E-state index in [1.165, 1.54) is 218 Å². The Labute approximate surface area is 411 Å². The Bertz CT molecular complexity index is 1030. The van der Waals surface area contributed by atoms with E-state index < -0.39 is 12.1 Å². The average Bonchev–Trinajstić information content (AvgIpc) is 3.32. The first-order valence-corrected chi connectivity index (χ1v) is 29.6. The fourth-order valence-corrected chi connectivity index (χ4v) is 9.22. The molecule has 0 heterocycles. The molecule has 2 atom stereocenters. The Hall–Kier alpha value is -1.66. The number of nitrogens with one attached hydrogen (secondary N) is 1. The van der Waals surface area contributed by atoms with Crippen molar-refractivity contribution in [3.8, 4) is 0 Å². The molecule has 0 saturated carbocycles. The molecule has 0 aromatic heterocycles. The third-order valence-electron chi connectivity index (χ3n) is 13.8. The van der Waals surface area contributed by atoms with Crippen LogP contribution in [-0.2, 0) is 14.3 Å². The number of aliphatic hydroxyl groups is 2. The predicted molar refractivity (Wildman–Crippen MR) is 287 cm³/mol. The highest BCUT2D eigenvalue weighted by Gasteiger charge is 2.20. The molecule has 0 spiro atoms. The fraction of sp³-hybridized carbons (Fsp3) is 0.900. The first kappa shape index (κ1) is 64.3. The maximum atomic E-state index is 12.5. The van der Waals surface area contributed by atoms with Gasteiger partial charge in [0.15, 0.2) is 0 Å². The van der Waals surface area contributed by atoms with Crippen LogP contribution in [0, 0.1) is 0 Å². The minimum Gasteiger partial charge on any atom is -0.466 e. The van der Waals surface area contributed by atoms with E-state index >= 15 is 0 Å². The van der Waals surface area contributed by atoms with Gasteiger partial charge in [-0.2, -0.15) is 0 Å². The lowest BCUT2D eigenvalue weighted by Gasteiger charge is -2.22. The zero-order chi connectivity index (χ0) is 47.9. The van der Waals surface area contributed by atoms with Gasteiger partial charge < -0.3 is 20.3 Å². The van der Waals surface area contributed by atoms with Crippen molar-refractivity contribution in [2.45, 2.75) is 334 Å². The highest BCUT2D eigenvalue weighted by molar-refractivity contribution is 5.76. The lowest BCUT2D eigenvalue weighted by Crippen LogP contribution is -2.45. The molecule has 0 radical (unpaired) electrons. The van der Waals surface area contributed by atoms with Crippen molar-refractivity contribution in [1.82, 2.24) is 5.32 Å². The van der Waals surface area contributed by atoms with Gasteiger partial charge in [-0.3, -0.25) is 9.59 Å². The summed E-state index contributed by atoms with van der Waals surface area (Å²) in [7, 11) is 0. The Kier molecular flexibility index (Phi) is 54.5. The van der Waals surface area contributed by atoms with E-state index in [0.29, 0.717) is 25.9 Å². The summed E-state index contributed by atoms with van der Waals surface area (Å²) >= 11 is 0. The summed E-state index contributed by atoms with van der Waals surface area (Å²) < 4.78 is 5.45. The maximum Gasteiger partial charge on any atom is 0.305 e. The van der Waals surface area contributed by atoms with Crippen molar-refractivity contribution >= 4 is 11.9 Å². The molecular weight excluding hydrogens is 815 g/mol. The first-order chi connectivity index (χ1) is 32.5. The Balaban J connectivity index is 3.47. The van der Waals surface area contributed by atoms with Crippen LogP contribution in [0.2, 0.25) is 0 Å². The number of ether oxygens (including phenoxy) is 1. The van der Waals surface area contributed by atoms with Gasteiger partial charge in [0, 0.05) is 12.8 Å². The standard InChI is InChI=1S/C60H115NO5/c1-3-5-7-9-11-13-15-17-19-25-28-32-36-40-44-48-52-58(63)57(56-62)61-59(64)53-49-45-41-37-33-29-26-23-21-20-22-24-27-31-35-39-43-47-51-55-66-60(65)54-50-46-42-38-34-30-18-16-14-12-10-8-6-4-2/h24,27,31,35,57-58,62-63H,3-23,25-26,28-30,32-34,36-56H2,1-2H3,(H,61,64)/b27-24-,35-31-. The molecule has 0 aliphatic heterocycles. The predicted octanol–water partition coefficient (Wildman–Crippen LogP) is 18.2. The molecule has 0 aromatic carbocycles. The topological polar surface area (TPSA) is 95.9 Å². The number of allylic oxidation sites excluding steroid dienone is 4. The van der Waals surface area contributed by atoms with Gasteiger partial charge in [-0.05, 0) is 57.8 Å². The lowest BCUT2D eigenvalue weighted by atomic mass is 10.0. The van der Waals surface area contributed by atoms with Crippen molar-refractivity contribution in [3.63, 3.8) is 0 Å². The fourth-order valence-electron chi connectivity index (χ4n) is 9.22. The summed E-state index contributed by atoms with van der Waals surface area (Å²) in [6.45, 7) is 4.93. The third-order valence-corrected chi connectivity index (χ3v) is 13.8. The minimum absolute atomic E-state index is 0.0107. The molecule has 0 aliphatic carbocycles.